The average Bonchev–Trinajstić information content (AvgIpc) is 2.65. The third-order valence-electron chi connectivity index (χ3n) is 5.48. The van der Waals surface area contributed by atoms with Gasteiger partial charge in [0.2, 0.25) is 10.0 Å². The van der Waals surface area contributed by atoms with Gasteiger partial charge in [0.25, 0.3) is 0 Å². The predicted molar refractivity (Wildman–Crippen MR) is 128 cm³/mol. The second kappa shape index (κ2) is 11.2. The number of sulfonamides is 1. The van der Waals surface area contributed by atoms with Crippen LogP contribution in [0.5, 0.6) is 5.75 Å². The Hall–Kier alpha value is -1.27. The fraction of sp³-hybridized carbons (Fsp3) is 0.632. The fourth-order valence-electron chi connectivity index (χ4n) is 3.53. The Morgan fingerprint density at radius 1 is 1.21 bits per heavy atom. The SMILES string of the molecule is CN=C(NCCS(=O)(=O)NCC1CCC1)N1CCN(c2ccccc2O)CC1.I. The average molecular weight is 537 g/mol. The fourth-order valence-corrected chi connectivity index (χ4v) is 4.54. The topological polar surface area (TPSA) is 97.3 Å². The molecule has 1 aliphatic carbocycles. The van der Waals surface area contributed by atoms with E-state index in [4.69, 9.17) is 0 Å². The van der Waals surface area contributed by atoms with Gasteiger partial charge in [-0.1, -0.05) is 18.6 Å². The van der Waals surface area contributed by atoms with Crippen LogP contribution in [-0.2, 0) is 10.0 Å². The number of para-hydroxylation sites is 2. The van der Waals surface area contributed by atoms with Crippen LogP contribution in [0.1, 0.15) is 19.3 Å². The molecule has 0 aromatic heterocycles. The summed E-state index contributed by atoms with van der Waals surface area (Å²) < 4.78 is 26.9. The maximum absolute atomic E-state index is 12.1. The number of hydrogen-bond donors (Lipinski definition) is 3. The van der Waals surface area contributed by atoms with Crippen LogP contribution < -0.4 is 14.9 Å². The molecule has 0 bridgehead atoms. The molecule has 10 heteroatoms. The third kappa shape index (κ3) is 6.88. The zero-order chi connectivity index (χ0) is 20.0. The molecular weight excluding hydrogens is 505 g/mol. The summed E-state index contributed by atoms with van der Waals surface area (Å²) in [6, 6.07) is 7.35. The lowest BCUT2D eigenvalue weighted by Gasteiger charge is -2.37. The molecule has 1 aromatic rings. The first-order valence-electron chi connectivity index (χ1n) is 9.94. The van der Waals surface area contributed by atoms with Crippen molar-refractivity contribution < 1.29 is 13.5 Å². The normalized spacial score (nSPS) is 18.2. The summed E-state index contributed by atoms with van der Waals surface area (Å²) in [4.78, 5) is 8.55. The van der Waals surface area contributed by atoms with E-state index >= 15 is 0 Å². The van der Waals surface area contributed by atoms with Gasteiger partial charge in [-0.2, -0.15) is 0 Å². The van der Waals surface area contributed by atoms with Crippen molar-refractivity contribution in [2.45, 2.75) is 19.3 Å². The molecule has 164 valence electrons. The number of aromatic hydroxyl groups is 1. The molecule has 8 nitrogen and oxygen atoms in total. The molecule has 1 heterocycles. The van der Waals surface area contributed by atoms with Gasteiger partial charge in [-0.3, -0.25) is 4.99 Å². The molecule has 0 amide bonds. The van der Waals surface area contributed by atoms with Gasteiger partial charge in [-0.25, -0.2) is 13.1 Å². The summed E-state index contributed by atoms with van der Waals surface area (Å²) in [5.41, 5.74) is 0.841. The van der Waals surface area contributed by atoms with Crippen molar-refractivity contribution in [3.8, 4) is 5.75 Å². The van der Waals surface area contributed by atoms with Gasteiger partial charge in [0.05, 0.1) is 11.4 Å². The Labute approximate surface area is 190 Å². The van der Waals surface area contributed by atoms with Crippen LogP contribution in [0.4, 0.5) is 5.69 Å². The van der Waals surface area contributed by atoms with Crippen LogP contribution in [0.25, 0.3) is 0 Å². The summed E-state index contributed by atoms with van der Waals surface area (Å²) in [5, 5.41) is 13.2. The standard InChI is InChI=1S/C19H31N5O3S.HI/c1-20-19(21-9-14-28(26,27)22-15-16-5-4-6-16)24-12-10-23(11-13-24)17-7-2-3-8-18(17)25;/h2-3,7-8,16,22,25H,4-6,9-15H2,1H3,(H,20,21);1H. The molecule has 2 aliphatic rings. The lowest BCUT2D eigenvalue weighted by Crippen LogP contribution is -2.53. The zero-order valence-corrected chi connectivity index (χ0v) is 20.0. The second-order valence-corrected chi connectivity index (χ2v) is 9.33. The number of anilines is 1. The highest BCUT2D eigenvalue weighted by atomic mass is 127. The van der Waals surface area contributed by atoms with Gasteiger partial charge in [0, 0.05) is 46.3 Å². The molecule has 1 saturated carbocycles. The Balaban J connectivity index is 0.00000300. The van der Waals surface area contributed by atoms with Crippen LogP contribution in [-0.4, -0.2) is 76.5 Å². The van der Waals surface area contributed by atoms with E-state index in [0.29, 0.717) is 25.0 Å². The number of rotatable bonds is 7. The van der Waals surface area contributed by atoms with E-state index < -0.39 is 10.0 Å². The number of guanidine groups is 1. The van der Waals surface area contributed by atoms with Gasteiger partial charge >= 0.3 is 0 Å². The number of benzene rings is 1. The quantitative estimate of drug-likeness (QED) is 0.277. The molecule has 3 rings (SSSR count). The van der Waals surface area contributed by atoms with Crippen LogP contribution in [0.2, 0.25) is 0 Å². The number of hydrogen-bond acceptors (Lipinski definition) is 5. The second-order valence-electron chi connectivity index (χ2n) is 7.40. The first-order chi connectivity index (χ1) is 13.5. The summed E-state index contributed by atoms with van der Waals surface area (Å²) >= 11 is 0. The minimum absolute atomic E-state index is 0. The molecule has 1 aromatic carbocycles. The number of halogens is 1. The highest BCUT2D eigenvalue weighted by Crippen LogP contribution is 2.27. The van der Waals surface area contributed by atoms with Crippen molar-refractivity contribution in [2.24, 2.45) is 10.9 Å². The summed E-state index contributed by atoms with van der Waals surface area (Å²) in [6.45, 7) is 3.91. The van der Waals surface area contributed by atoms with Gasteiger partial charge in [0.1, 0.15) is 5.75 Å². The van der Waals surface area contributed by atoms with E-state index in [2.05, 4.69) is 24.8 Å². The van der Waals surface area contributed by atoms with Crippen LogP contribution in [0, 0.1) is 5.92 Å². The van der Waals surface area contributed by atoms with E-state index in [0.717, 1.165) is 44.7 Å². The highest BCUT2D eigenvalue weighted by Gasteiger charge is 2.22. The van der Waals surface area contributed by atoms with Crippen LogP contribution in [0.15, 0.2) is 29.3 Å². The Morgan fingerprint density at radius 3 is 2.48 bits per heavy atom. The largest absolute Gasteiger partial charge is 0.506 e. The van der Waals surface area contributed by atoms with Crippen molar-refractivity contribution in [1.82, 2.24) is 14.9 Å². The first kappa shape index (κ1) is 24.0. The summed E-state index contributed by atoms with van der Waals surface area (Å²) in [5.74, 6) is 1.55. The zero-order valence-electron chi connectivity index (χ0n) is 16.9. The maximum atomic E-state index is 12.1. The Bertz CT molecular complexity index is 778. The Kier molecular flexibility index (Phi) is 9.28. The third-order valence-corrected chi connectivity index (χ3v) is 6.83. The number of piperazine rings is 1. The number of phenols is 1. The predicted octanol–water partition coefficient (Wildman–Crippen LogP) is 1.43. The molecule has 0 radical (unpaired) electrons. The van der Waals surface area contributed by atoms with E-state index in [9.17, 15) is 13.5 Å². The van der Waals surface area contributed by atoms with E-state index in [1.54, 1.807) is 13.1 Å². The number of nitrogens with one attached hydrogen (secondary N) is 2. The molecule has 2 fully saturated rings. The molecule has 0 unspecified atom stereocenters. The maximum Gasteiger partial charge on any atom is 0.213 e. The van der Waals surface area contributed by atoms with Crippen molar-refractivity contribution in [3.05, 3.63) is 24.3 Å². The molecule has 1 saturated heterocycles. The van der Waals surface area contributed by atoms with Crippen molar-refractivity contribution >= 4 is 45.6 Å². The van der Waals surface area contributed by atoms with E-state index in [1.165, 1.54) is 6.42 Å². The highest BCUT2D eigenvalue weighted by molar-refractivity contribution is 14.0. The Morgan fingerprint density at radius 2 is 1.90 bits per heavy atom. The lowest BCUT2D eigenvalue weighted by molar-refractivity contribution is 0.316. The van der Waals surface area contributed by atoms with Crippen LogP contribution >= 0.6 is 24.0 Å². The van der Waals surface area contributed by atoms with E-state index in [-0.39, 0.29) is 35.5 Å². The number of aliphatic imine (C=N–C) groups is 1. The summed E-state index contributed by atoms with van der Waals surface area (Å²) in [7, 11) is -1.55. The van der Waals surface area contributed by atoms with Gasteiger partial charge in [-0.15, -0.1) is 24.0 Å². The minimum atomic E-state index is -3.26. The molecule has 1 aliphatic heterocycles. The molecule has 0 atom stereocenters. The summed E-state index contributed by atoms with van der Waals surface area (Å²) in [6.07, 6.45) is 3.46. The molecular formula is C19H32IN5O3S. The molecule has 0 spiro atoms. The van der Waals surface area contributed by atoms with Crippen molar-refractivity contribution in [1.29, 1.82) is 0 Å². The van der Waals surface area contributed by atoms with Gasteiger partial charge in [-0.05, 0) is 30.9 Å². The lowest BCUT2D eigenvalue weighted by atomic mass is 9.86. The van der Waals surface area contributed by atoms with E-state index in [1.807, 2.05) is 18.2 Å². The van der Waals surface area contributed by atoms with Gasteiger partial charge < -0.3 is 20.2 Å². The van der Waals surface area contributed by atoms with Crippen molar-refractivity contribution in [3.63, 3.8) is 0 Å². The van der Waals surface area contributed by atoms with Gasteiger partial charge in [0.15, 0.2) is 5.96 Å². The number of phenolic OH excluding ortho intramolecular Hbond substituents is 1. The monoisotopic (exact) mass is 537 g/mol. The molecule has 3 N–H and O–H groups in total. The first-order valence-corrected chi connectivity index (χ1v) is 11.6. The smallest absolute Gasteiger partial charge is 0.213 e. The minimum Gasteiger partial charge on any atom is -0.506 e. The number of nitrogens with zero attached hydrogens (tertiary/aromatic N) is 3. The molecule has 29 heavy (non-hydrogen) atoms. The van der Waals surface area contributed by atoms with Crippen LogP contribution in [0.3, 0.4) is 0 Å². The van der Waals surface area contributed by atoms with Crippen molar-refractivity contribution in [2.75, 3.05) is 57.0 Å².